The van der Waals surface area contributed by atoms with Gasteiger partial charge in [0.25, 0.3) is 0 Å². The summed E-state index contributed by atoms with van der Waals surface area (Å²) in [5.74, 6) is 1.13. The fraction of sp³-hybridized carbons (Fsp3) is 0.348. The average molecular weight is 563 g/mol. The summed E-state index contributed by atoms with van der Waals surface area (Å²) in [5, 5.41) is 12.1. The van der Waals surface area contributed by atoms with Gasteiger partial charge < -0.3 is 14.2 Å². The molecule has 4 rings (SSSR count). The first-order valence-electron chi connectivity index (χ1n) is 11.5. The summed E-state index contributed by atoms with van der Waals surface area (Å²) in [6, 6.07) is 6.93. The summed E-state index contributed by atoms with van der Waals surface area (Å²) >= 11 is 5.88. The number of nitrogens with one attached hydrogen (secondary N) is 1. The van der Waals surface area contributed by atoms with Crippen LogP contribution < -0.4 is 14.2 Å². The zero-order chi connectivity index (χ0) is 27.4. The van der Waals surface area contributed by atoms with Gasteiger partial charge in [0.2, 0.25) is 16.0 Å². The summed E-state index contributed by atoms with van der Waals surface area (Å²) in [6.45, 7) is 4.05. The number of anilines is 1. The minimum atomic E-state index is -4.14. The number of hydrogen-bond donors (Lipinski definition) is 1. The van der Waals surface area contributed by atoms with Crippen LogP contribution in [-0.4, -0.2) is 69.5 Å². The Kier molecular flexibility index (Phi) is 8.14. The molecular weight excluding hydrogens is 536 g/mol. The molecule has 1 N–H and O–H groups in total. The van der Waals surface area contributed by atoms with Crippen molar-refractivity contribution in [3.05, 3.63) is 53.7 Å². The number of benzene rings is 1. The number of nitrogens with zero attached hydrogens (tertiary/aromatic N) is 7. The van der Waals surface area contributed by atoms with Crippen molar-refractivity contribution in [2.24, 2.45) is 0 Å². The van der Waals surface area contributed by atoms with Gasteiger partial charge in [-0.15, -0.1) is 10.2 Å². The summed E-state index contributed by atoms with van der Waals surface area (Å²) < 4.78 is 49.6. The third-order valence-corrected chi connectivity index (χ3v) is 7.67. The lowest BCUT2D eigenvalue weighted by molar-refractivity contribution is 0.0950. The third-order valence-electron chi connectivity index (χ3n) is 5.78. The van der Waals surface area contributed by atoms with Gasteiger partial charge in [0, 0.05) is 32.2 Å². The largest absolute Gasteiger partial charge is 0.494 e. The maximum Gasteiger partial charge on any atom is 0.243 e. The van der Waals surface area contributed by atoms with Crippen molar-refractivity contribution < 1.29 is 22.6 Å². The maximum absolute atomic E-state index is 13.6. The Bertz CT molecular complexity index is 1480. The Hall–Kier alpha value is -3.75. The fourth-order valence-electron chi connectivity index (χ4n) is 3.80. The highest BCUT2D eigenvalue weighted by Gasteiger charge is 2.35. The molecule has 4 aromatic rings. The zero-order valence-corrected chi connectivity index (χ0v) is 22.9. The van der Waals surface area contributed by atoms with E-state index in [9.17, 15) is 8.42 Å². The van der Waals surface area contributed by atoms with E-state index in [0.717, 1.165) is 0 Å². The Morgan fingerprint density at radius 1 is 1.05 bits per heavy atom. The standard InChI is InChI=1S/C23H27ClN8O5S/c1-6-31-11-10-16(29-31)22-27-28-23(32(22)19-17(35-3)8-7-9-18(19)36-4)30-38(33,34)14(2)20(37-5)21-25-12-15(24)13-26-21/h7-14,20H,6H2,1-5H3,(H,28,30)/t14-,20-/m0/s1. The van der Waals surface area contributed by atoms with Gasteiger partial charge >= 0.3 is 0 Å². The molecule has 3 aromatic heterocycles. The van der Waals surface area contributed by atoms with Gasteiger partial charge in [0.05, 0.1) is 19.2 Å². The van der Waals surface area contributed by atoms with Crippen molar-refractivity contribution in [3.8, 4) is 28.7 Å². The van der Waals surface area contributed by atoms with Crippen LogP contribution >= 0.6 is 11.6 Å². The number of sulfonamides is 1. The SMILES string of the molecule is CCn1ccc(-c2nnc(NS(=O)(=O)[C@@H](C)[C@H](OC)c3ncc(Cl)cn3)n2-c2c(OC)cccc2OC)n1. The van der Waals surface area contributed by atoms with Gasteiger partial charge in [-0.2, -0.15) is 5.10 Å². The van der Waals surface area contributed by atoms with Gasteiger partial charge in [-0.1, -0.05) is 17.7 Å². The Morgan fingerprint density at radius 2 is 1.71 bits per heavy atom. The van der Waals surface area contributed by atoms with Gasteiger partial charge in [0.1, 0.15) is 34.2 Å². The van der Waals surface area contributed by atoms with Crippen molar-refractivity contribution in [3.63, 3.8) is 0 Å². The first kappa shape index (κ1) is 27.3. The first-order valence-corrected chi connectivity index (χ1v) is 13.4. The Balaban J connectivity index is 1.83. The number of ether oxygens (including phenoxy) is 3. The molecule has 0 aliphatic rings. The third kappa shape index (κ3) is 5.28. The normalized spacial score (nSPS) is 13.2. The number of para-hydroxylation sites is 1. The van der Waals surface area contributed by atoms with E-state index in [1.54, 1.807) is 35.1 Å². The van der Waals surface area contributed by atoms with Gasteiger partial charge in [-0.25, -0.2) is 18.4 Å². The lowest BCUT2D eigenvalue weighted by Crippen LogP contribution is -2.33. The predicted octanol–water partition coefficient (Wildman–Crippen LogP) is 3.13. The van der Waals surface area contributed by atoms with Crippen LogP contribution in [0, 0.1) is 0 Å². The molecule has 0 bridgehead atoms. The van der Waals surface area contributed by atoms with E-state index in [2.05, 4.69) is 30.0 Å². The van der Waals surface area contributed by atoms with Crippen molar-refractivity contribution in [1.29, 1.82) is 0 Å². The van der Waals surface area contributed by atoms with Crippen molar-refractivity contribution >= 4 is 27.6 Å². The number of hydrogen-bond acceptors (Lipinski definition) is 10. The fourth-order valence-corrected chi connectivity index (χ4v) is 5.02. The highest BCUT2D eigenvalue weighted by Crippen LogP contribution is 2.37. The molecule has 0 amide bonds. The van der Waals surface area contributed by atoms with Crippen LogP contribution in [0.2, 0.25) is 5.02 Å². The summed E-state index contributed by atoms with van der Waals surface area (Å²) in [4.78, 5) is 8.24. The lowest BCUT2D eigenvalue weighted by atomic mass is 10.2. The second-order valence-electron chi connectivity index (χ2n) is 8.02. The van der Waals surface area contributed by atoms with Crippen LogP contribution in [0.3, 0.4) is 0 Å². The molecule has 202 valence electrons. The van der Waals surface area contributed by atoms with E-state index in [-0.39, 0.29) is 17.6 Å². The molecule has 0 saturated carbocycles. The molecule has 0 aliphatic carbocycles. The number of halogens is 1. The monoisotopic (exact) mass is 562 g/mol. The highest BCUT2D eigenvalue weighted by atomic mass is 35.5. The van der Waals surface area contributed by atoms with Crippen LogP contribution in [-0.2, 0) is 21.3 Å². The first-order chi connectivity index (χ1) is 18.2. The van der Waals surface area contributed by atoms with E-state index in [4.69, 9.17) is 25.8 Å². The predicted molar refractivity (Wildman–Crippen MR) is 140 cm³/mol. The van der Waals surface area contributed by atoms with E-state index < -0.39 is 21.4 Å². The second-order valence-corrected chi connectivity index (χ2v) is 10.5. The van der Waals surface area contributed by atoms with Crippen LogP contribution in [0.25, 0.3) is 17.2 Å². The van der Waals surface area contributed by atoms with Crippen molar-refractivity contribution in [2.75, 3.05) is 26.1 Å². The van der Waals surface area contributed by atoms with E-state index >= 15 is 0 Å². The smallest absolute Gasteiger partial charge is 0.243 e. The minimum absolute atomic E-state index is 0.104. The van der Waals surface area contributed by atoms with Crippen LogP contribution in [0.1, 0.15) is 25.8 Å². The molecule has 0 fully saturated rings. The molecular formula is C23H27ClN8O5S. The lowest BCUT2D eigenvalue weighted by Gasteiger charge is -2.22. The molecule has 15 heteroatoms. The van der Waals surface area contributed by atoms with Crippen LogP contribution in [0.4, 0.5) is 5.95 Å². The molecule has 0 aliphatic heterocycles. The quantitative estimate of drug-likeness (QED) is 0.289. The number of aromatic nitrogens is 7. The molecule has 13 nitrogen and oxygen atoms in total. The number of methoxy groups -OCH3 is 3. The zero-order valence-electron chi connectivity index (χ0n) is 21.4. The molecule has 3 heterocycles. The number of aryl methyl sites for hydroxylation is 1. The molecule has 38 heavy (non-hydrogen) atoms. The van der Waals surface area contributed by atoms with Crippen LogP contribution in [0.15, 0.2) is 42.9 Å². The van der Waals surface area contributed by atoms with Crippen LogP contribution in [0.5, 0.6) is 11.5 Å². The highest BCUT2D eigenvalue weighted by molar-refractivity contribution is 7.93. The van der Waals surface area contributed by atoms with Gasteiger partial charge in [-0.3, -0.25) is 14.0 Å². The summed E-state index contributed by atoms with van der Waals surface area (Å²) in [7, 11) is 0.225. The number of rotatable bonds is 11. The molecule has 0 spiro atoms. The maximum atomic E-state index is 13.6. The van der Waals surface area contributed by atoms with E-state index in [1.807, 2.05) is 6.92 Å². The molecule has 0 saturated heterocycles. The van der Waals surface area contributed by atoms with E-state index in [1.165, 1.54) is 45.2 Å². The average Bonchev–Trinajstić information content (AvgIpc) is 3.56. The Morgan fingerprint density at radius 3 is 2.26 bits per heavy atom. The summed E-state index contributed by atoms with van der Waals surface area (Å²) in [6.07, 6.45) is 3.53. The minimum Gasteiger partial charge on any atom is -0.494 e. The molecule has 0 radical (unpaired) electrons. The molecule has 2 atom stereocenters. The van der Waals surface area contributed by atoms with E-state index in [0.29, 0.717) is 34.4 Å². The Labute approximate surface area is 224 Å². The molecule has 0 unspecified atom stereocenters. The topological polar surface area (TPSA) is 148 Å². The second kappa shape index (κ2) is 11.3. The van der Waals surface area contributed by atoms with Gasteiger partial charge in [-0.05, 0) is 32.0 Å². The van der Waals surface area contributed by atoms with Gasteiger partial charge in [0.15, 0.2) is 11.6 Å². The van der Waals surface area contributed by atoms with Crippen molar-refractivity contribution in [1.82, 2.24) is 34.5 Å². The van der Waals surface area contributed by atoms with Crippen molar-refractivity contribution in [2.45, 2.75) is 31.7 Å². The molecule has 1 aromatic carbocycles. The summed E-state index contributed by atoms with van der Waals surface area (Å²) in [5.41, 5.74) is 0.855.